The molecule has 1 unspecified atom stereocenters. The summed E-state index contributed by atoms with van der Waals surface area (Å²) in [6.07, 6.45) is 6.46. The molecule has 4 nitrogen and oxygen atoms in total. The lowest BCUT2D eigenvalue weighted by molar-refractivity contribution is 0.265. The third kappa shape index (κ3) is 3.22. The van der Waals surface area contributed by atoms with Crippen molar-refractivity contribution < 1.29 is 0 Å². The molecule has 2 aromatic rings. The highest BCUT2D eigenvalue weighted by molar-refractivity contribution is 5.52. The highest BCUT2D eigenvalue weighted by Crippen LogP contribution is 2.30. The lowest BCUT2D eigenvalue weighted by atomic mass is 10.1. The maximum atomic E-state index is 4.29. The number of hydrogen-bond donors (Lipinski definition) is 0. The number of aromatic nitrogens is 3. The van der Waals surface area contributed by atoms with Crippen LogP contribution in [0.25, 0.3) is 6.08 Å². The zero-order chi connectivity index (χ0) is 14.7. The third-order valence-corrected chi connectivity index (χ3v) is 4.07. The number of benzene rings is 1. The van der Waals surface area contributed by atoms with Gasteiger partial charge in [0.05, 0.1) is 6.04 Å². The zero-order valence-electron chi connectivity index (χ0n) is 12.7. The van der Waals surface area contributed by atoms with Crippen molar-refractivity contribution in [3.8, 4) is 0 Å². The molecule has 0 bridgehead atoms. The van der Waals surface area contributed by atoms with Crippen molar-refractivity contribution in [1.29, 1.82) is 0 Å². The molecule has 1 atom stereocenters. The second kappa shape index (κ2) is 6.22. The van der Waals surface area contributed by atoms with Crippen LogP contribution < -0.4 is 0 Å². The smallest absolute Gasteiger partial charge is 0.149 e. The van der Waals surface area contributed by atoms with E-state index in [9.17, 15) is 0 Å². The Labute approximate surface area is 126 Å². The standard InChI is InChI=1S/C17H22N4/c1-14(11-15-7-4-3-5-8-15)12-21-10-6-9-16(21)17-19-18-13-20(17)2/h3-5,7-8,11,13,16H,6,9-10,12H2,1-2H3/b14-11+. The van der Waals surface area contributed by atoms with Gasteiger partial charge in [-0.3, -0.25) is 4.90 Å². The molecule has 1 aliphatic rings. The molecule has 2 heterocycles. The van der Waals surface area contributed by atoms with Crippen LogP contribution in [0.15, 0.2) is 42.2 Å². The molecule has 1 aliphatic heterocycles. The summed E-state index contributed by atoms with van der Waals surface area (Å²) >= 11 is 0. The molecule has 4 heteroatoms. The molecule has 0 saturated carbocycles. The average Bonchev–Trinajstić information content (AvgIpc) is 3.08. The Balaban J connectivity index is 1.72. The molecule has 110 valence electrons. The van der Waals surface area contributed by atoms with Crippen LogP contribution in [-0.4, -0.2) is 32.8 Å². The van der Waals surface area contributed by atoms with Gasteiger partial charge in [0.1, 0.15) is 12.2 Å². The molecule has 1 fully saturated rings. The van der Waals surface area contributed by atoms with Gasteiger partial charge in [-0.2, -0.15) is 0 Å². The first-order valence-corrected chi connectivity index (χ1v) is 7.54. The molecule has 3 rings (SSSR count). The van der Waals surface area contributed by atoms with Gasteiger partial charge in [0.2, 0.25) is 0 Å². The van der Waals surface area contributed by atoms with E-state index in [-0.39, 0.29) is 0 Å². The predicted molar refractivity (Wildman–Crippen MR) is 84.6 cm³/mol. The van der Waals surface area contributed by atoms with E-state index in [2.05, 4.69) is 58.4 Å². The van der Waals surface area contributed by atoms with Crippen molar-refractivity contribution in [3.05, 3.63) is 53.6 Å². The Morgan fingerprint density at radius 1 is 1.33 bits per heavy atom. The highest BCUT2D eigenvalue weighted by Gasteiger charge is 2.29. The molecule has 1 aromatic heterocycles. The summed E-state index contributed by atoms with van der Waals surface area (Å²) in [5.74, 6) is 1.08. The Hall–Kier alpha value is -1.94. The summed E-state index contributed by atoms with van der Waals surface area (Å²) in [6.45, 7) is 4.34. The van der Waals surface area contributed by atoms with Gasteiger partial charge in [0.25, 0.3) is 0 Å². The van der Waals surface area contributed by atoms with Crippen molar-refractivity contribution in [3.63, 3.8) is 0 Å². The number of aryl methyl sites for hydroxylation is 1. The monoisotopic (exact) mass is 282 g/mol. The van der Waals surface area contributed by atoms with Crippen molar-refractivity contribution in [2.75, 3.05) is 13.1 Å². The largest absolute Gasteiger partial charge is 0.319 e. The minimum Gasteiger partial charge on any atom is -0.319 e. The first kappa shape index (κ1) is 14.0. The van der Waals surface area contributed by atoms with E-state index in [4.69, 9.17) is 0 Å². The predicted octanol–water partition coefficient (Wildman–Crippen LogP) is 3.06. The van der Waals surface area contributed by atoms with Gasteiger partial charge in [0.15, 0.2) is 0 Å². The lowest BCUT2D eigenvalue weighted by Crippen LogP contribution is -2.26. The van der Waals surface area contributed by atoms with Crippen molar-refractivity contribution >= 4 is 6.08 Å². The van der Waals surface area contributed by atoms with Gasteiger partial charge in [-0.05, 0) is 31.9 Å². The van der Waals surface area contributed by atoms with E-state index in [1.807, 2.05) is 11.6 Å². The van der Waals surface area contributed by atoms with E-state index >= 15 is 0 Å². The van der Waals surface area contributed by atoms with Gasteiger partial charge in [-0.15, -0.1) is 10.2 Å². The second-order valence-electron chi connectivity index (χ2n) is 5.83. The SMILES string of the molecule is C/C(=C\c1ccccc1)CN1CCCC1c1nncn1C. The van der Waals surface area contributed by atoms with E-state index in [0.29, 0.717) is 6.04 Å². The summed E-state index contributed by atoms with van der Waals surface area (Å²) < 4.78 is 2.04. The average molecular weight is 282 g/mol. The number of likely N-dealkylation sites (tertiary alicyclic amines) is 1. The van der Waals surface area contributed by atoms with E-state index < -0.39 is 0 Å². The third-order valence-electron chi connectivity index (χ3n) is 4.07. The minimum absolute atomic E-state index is 0.400. The van der Waals surface area contributed by atoms with Crippen LogP contribution in [-0.2, 0) is 7.05 Å². The maximum Gasteiger partial charge on any atom is 0.149 e. The van der Waals surface area contributed by atoms with Crippen LogP contribution in [0.1, 0.15) is 37.2 Å². The molecule has 0 amide bonds. The fourth-order valence-electron chi connectivity index (χ4n) is 3.10. The molecule has 21 heavy (non-hydrogen) atoms. The molecular formula is C17H22N4. The van der Waals surface area contributed by atoms with Crippen LogP contribution in [0, 0.1) is 0 Å². The zero-order valence-corrected chi connectivity index (χ0v) is 12.7. The normalized spacial score (nSPS) is 20.1. The number of hydrogen-bond acceptors (Lipinski definition) is 3. The quantitative estimate of drug-likeness (QED) is 0.864. The summed E-state index contributed by atoms with van der Waals surface area (Å²) in [7, 11) is 2.03. The Bertz CT molecular complexity index is 615. The van der Waals surface area contributed by atoms with E-state index in [0.717, 1.165) is 18.9 Å². The Kier molecular flexibility index (Phi) is 4.15. The summed E-state index contributed by atoms with van der Waals surface area (Å²) in [6, 6.07) is 10.9. The Morgan fingerprint density at radius 3 is 2.86 bits per heavy atom. The Morgan fingerprint density at radius 2 is 2.14 bits per heavy atom. The summed E-state index contributed by atoms with van der Waals surface area (Å²) in [4.78, 5) is 2.51. The molecule has 1 saturated heterocycles. The highest BCUT2D eigenvalue weighted by atomic mass is 15.3. The topological polar surface area (TPSA) is 34.0 Å². The van der Waals surface area contributed by atoms with Crippen LogP contribution >= 0.6 is 0 Å². The van der Waals surface area contributed by atoms with Crippen molar-refractivity contribution in [2.45, 2.75) is 25.8 Å². The lowest BCUT2D eigenvalue weighted by Gasteiger charge is -2.23. The van der Waals surface area contributed by atoms with Gasteiger partial charge < -0.3 is 4.57 Å². The van der Waals surface area contributed by atoms with E-state index in [1.54, 1.807) is 6.33 Å². The van der Waals surface area contributed by atoms with Gasteiger partial charge >= 0.3 is 0 Å². The molecule has 0 N–H and O–H groups in total. The van der Waals surface area contributed by atoms with Gasteiger partial charge in [-0.25, -0.2) is 0 Å². The first-order chi connectivity index (χ1) is 10.2. The number of nitrogens with zero attached hydrogens (tertiary/aromatic N) is 4. The van der Waals surface area contributed by atoms with Gasteiger partial charge in [0, 0.05) is 13.6 Å². The molecular weight excluding hydrogens is 260 g/mol. The van der Waals surface area contributed by atoms with Crippen LogP contribution in [0.3, 0.4) is 0 Å². The minimum atomic E-state index is 0.400. The first-order valence-electron chi connectivity index (χ1n) is 7.54. The second-order valence-corrected chi connectivity index (χ2v) is 5.83. The molecule has 0 radical (unpaired) electrons. The number of rotatable bonds is 4. The fraction of sp³-hybridized carbons (Fsp3) is 0.412. The molecule has 1 aromatic carbocycles. The molecule has 0 spiro atoms. The maximum absolute atomic E-state index is 4.29. The van der Waals surface area contributed by atoms with Crippen molar-refractivity contribution in [2.24, 2.45) is 7.05 Å². The van der Waals surface area contributed by atoms with Crippen LogP contribution in [0.2, 0.25) is 0 Å². The fourth-order valence-corrected chi connectivity index (χ4v) is 3.10. The van der Waals surface area contributed by atoms with Crippen LogP contribution in [0.5, 0.6) is 0 Å². The van der Waals surface area contributed by atoms with Crippen LogP contribution in [0.4, 0.5) is 0 Å². The molecule has 0 aliphatic carbocycles. The van der Waals surface area contributed by atoms with Gasteiger partial charge in [-0.1, -0.05) is 42.0 Å². The summed E-state index contributed by atoms with van der Waals surface area (Å²) in [5.41, 5.74) is 2.65. The summed E-state index contributed by atoms with van der Waals surface area (Å²) in [5, 5.41) is 8.31. The van der Waals surface area contributed by atoms with Crippen molar-refractivity contribution in [1.82, 2.24) is 19.7 Å². The van der Waals surface area contributed by atoms with E-state index in [1.165, 1.54) is 24.0 Å².